The summed E-state index contributed by atoms with van der Waals surface area (Å²) in [6, 6.07) is 2.90. The fourth-order valence-electron chi connectivity index (χ4n) is 1.50. The molecule has 1 aromatic carbocycles. The van der Waals surface area contributed by atoms with Crippen molar-refractivity contribution in [2.75, 3.05) is 0 Å². The van der Waals surface area contributed by atoms with Gasteiger partial charge in [0.25, 0.3) is 0 Å². The van der Waals surface area contributed by atoms with E-state index in [4.69, 9.17) is 9.52 Å². The van der Waals surface area contributed by atoms with Crippen LogP contribution in [0, 0.1) is 12.7 Å². The van der Waals surface area contributed by atoms with Crippen molar-refractivity contribution in [3.05, 3.63) is 34.1 Å². The lowest BCUT2D eigenvalue weighted by Crippen LogP contribution is -2.20. The second kappa shape index (κ2) is 3.48. The summed E-state index contributed by atoms with van der Waals surface area (Å²) in [5.41, 5.74) is 0.272. The van der Waals surface area contributed by atoms with E-state index in [0.29, 0.717) is 5.56 Å². The summed E-state index contributed by atoms with van der Waals surface area (Å²) in [5.74, 6) is -2.74. The van der Waals surface area contributed by atoms with Crippen molar-refractivity contribution in [2.45, 2.75) is 13.5 Å². The SMILES string of the molecule is Cc1ccc2oc(=O)n(CC(=O)O)c2c1F. The number of aliphatic carboxylic acids is 1. The predicted octanol–water partition coefficient (Wildman–Crippen LogP) is 1.13. The van der Waals surface area contributed by atoms with Crippen LogP contribution in [0.3, 0.4) is 0 Å². The van der Waals surface area contributed by atoms with Gasteiger partial charge in [0.05, 0.1) is 0 Å². The van der Waals surface area contributed by atoms with Crippen molar-refractivity contribution >= 4 is 17.1 Å². The molecular weight excluding hydrogens is 217 g/mol. The van der Waals surface area contributed by atoms with Gasteiger partial charge in [-0.25, -0.2) is 9.18 Å². The molecule has 0 unspecified atom stereocenters. The molecule has 0 bridgehead atoms. The zero-order chi connectivity index (χ0) is 11.9. The molecule has 0 saturated carbocycles. The minimum Gasteiger partial charge on any atom is -0.480 e. The molecule has 84 valence electrons. The third-order valence-corrected chi connectivity index (χ3v) is 2.25. The lowest BCUT2D eigenvalue weighted by molar-refractivity contribution is -0.137. The number of benzene rings is 1. The minimum absolute atomic E-state index is 0.0503. The molecule has 2 rings (SSSR count). The zero-order valence-electron chi connectivity index (χ0n) is 8.36. The Kier molecular flexibility index (Phi) is 2.26. The number of fused-ring (bicyclic) bond motifs is 1. The van der Waals surface area contributed by atoms with Gasteiger partial charge in [-0.15, -0.1) is 0 Å². The Labute approximate surface area is 88.7 Å². The Morgan fingerprint density at radius 1 is 1.56 bits per heavy atom. The smallest absolute Gasteiger partial charge is 0.420 e. The normalized spacial score (nSPS) is 10.9. The molecule has 2 aromatic rings. The highest BCUT2D eigenvalue weighted by Crippen LogP contribution is 2.19. The quantitative estimate of drug-likeness (QED) is 0.831. The van der Waals surface area contributed by atoms with Crippen LogP contribution in [-0.4, -0.2) is 15.6 Å². The van der Waals surface area contributed by atoms with Gasteiger partial charge in [0.1, 0.15) is 12.1 Å². The molecule has 0 atom stereocenters. The Morgan fingerprint density at radius 2 is 2.25 bits per heavy atom. The molecule has 1 heterocycles. The Balaban J connectivity index is 2.81. The number of carbonyl (C=O) groups is 1. The van der Waals surface area contributed by atoms with E-state index in [1.807, 2.05) is 0 Å². The van der Waals surface area contributed by atoms with E-state index in [0.717, 1.165) is 4.57 Å². The van der Waals surface area contributed by atoms with Crippen LogP contribution < -0.4 is 5.76 Å². The van der Waals surface area contributed by atoms with Gasteiger partial charge in [-0.3, -0.25) is 9.36 Å². The van der Waals surface area contributed by atoms with Gasteiger partial charge in [-0.1, -0.05) is 6.07 Å². The summed E-state index contributed by atoms with van der Waals surface area (Å²) in [7, 11) is 0. The van der Waals surface area contributed by atoms with Crippen molar-refractivity contribution in [1.82, 2.24) is 4.57 Å². The van der Waals surface area contributed by atoms with Crippen LogP contribution in [0.2, 0.25) is 0 Å². The van der Waals surface area contributed by atoms with Crippen molar-refractivity contribution in [3.63, 3.8) is 0 Å². The number of oxazole rings is 1. The van der Waals surface area contributed by atoms with Crippen LogP contribution in [0.4, 0.5) is 4.39 Å². The molecule has 0 radical (unpaired) electrons. The fraction of sp³-hybridized carbons (Fsp3) is 0.200. The van der Waals surface area contributed by atoms with E-state index in [1.54, 1.807) is 0 Å². The first-order chi connectivity index (χ1) is 7.50. The summed E-state index contributed by atoms with van der Waals surface area (Å²) < 4.78 is 19.2. The van der Waals surface area contributed by atoms with Gasteiger partial charge < -0.3 is 9.52 Å². The number of hydrogen-bond donors (Lipinski definition) is 1. The van der Waals surface area contributed by atoms with Crippen LogP contribution in [0.5, 0.6) is 0 Å². The van der Waals surface area contributed by atoms with Crippen LogP contribution >= 0.6 is 0 Å². The molecule has 0 amide bonds. The fourth-order valence-corrected chi connectivity index (χ4v) is 1.50. The summed E-state index contributed by atoms with van der Waals surface area (Å²) in [5, 5.41) is 8.61. The minimum atomic E-state index is -1.23. The zero-order valence-corrected chi connectivity index (χ0v) is 8.36. The first kappa shape index (κ1) is 10.4. The summed E-state index contributed by atoms with van der Waals surface area (Å²) >= 11 is 0. The predicted molar refractivity (Wildman–Crippen MR) is 52.8 cm³/mol. The van der Waals surface area contributed by atoms with Gasteiger partial charge in [0, 0.05) is 0 Å². The summed E-state index contributed by atoms with van der Waals surface area (Å²) in [6.45, 7) is 0.906. The van der Waals surface area contributed by atoms with E-state index >= 15 is 0 Å². The van der Waals surface area contributed by atoms with Crippen LogP contribution in [0.15, 0.2) is 21.3 Å². The molecular formula is C10H8FNO4. The highest BCUT2D eigenvalue weighted by Gasteiger charge is 2.16. The monoisotopic (exact) mass is 225 g/mol. The van der Waals surface area contributed by atoms with E-state index < -0.39 is 24.1 Å². The van der Waals surface area contributed by atoms with Gasteiger partial charge in [-0.2, -0.15) is 0 Å². The van der Waals surface area contributed by atoms with Gasteiger partial charge in [0.15, 0.2) is 11.4 Å². The molecule has 1 N–H and O–H groups in total. The highest BCUT2D eigenvalue weighted by molar-refractivity contribution is 5.77. The summed E-state index contributed by atoms with van der Waals surface area (Å²) in [4.78, 5) is 21.8. The van der Waals surface area contributed by atoms with Crippen LogP contribution in [0.1, 0.15) is 5.56 Å². The third-order valence-electron chi connectivity index (χ3n) is 2.25. The average molecular weight is 225 g/mol. The standard InChI is InChI=1S/C10H8FNO4/c1-5-2-3-6-9(8(5)11)12(4-7(13)14)10(15)16-6/h2-3H,4H2,1H3,(H,13,14). The second-order valence-electron chi connectivity index (χ2n) is 3.39. The molecule has 6 heteroatoms. The van der Waals surface area contributed by atoms with E-state index in [1.165, 1.54) is 19.1 Å². The highest BCUT2D eigenvalue weighted by atomic mass is 19.1. The molecule has 0 saturated heterocycles. The maximum Gasteiger partial charge on any atom is 0.420 e. The molecule has 16 heavy (non-hydrogen) atoms. The molecule has 1 aromatic heterocycles. The van der Waals surface area contributed by atoms with Crippen molar-refractivity contribution < 1.29 is 18.7 Å². The Bertz CT molecular complexity index is 626. The molecule has 0 fully saturated rings. The molecule has 5 nitrogen and oxygen atoms in total. The summed E-state index contributed by atoms with van der Waals surface area (Å²) in [6.07, 6.45) is 0. The van der Waals surface area contributed by atoms with Gasteiger partial charge >= 0.3 is 11.7 Å². The first-order valence-corrected chi connectivity index (χ1v) is 4.51. The number of hydrogen-bond acceptors (Lipinski definition) is 3. The largest absolute Gasteiger partial charge is 0.480 e. The number of nitrogens with zero attached hydrogens (tertiary/aromatic N) is 1. The number of carboxylic acid groups (broad SMARTS) is 1. The Hall–Kier alpha value is -2.11. The maximum atomic E-state index is 13.7. The van der Waals surface area contributed by atoms with Crippen molar-refractivity contribution in [3.8, 4) is 0 Å². The number of carboxylic acids is 1. The number of halogens is 1. The lowest BCUT2D eigenvalue weighted by Gasteiger charge is -2.00. The maximum absolute atomic E-state index is 13.7. The van der Waals surface area contributed by atoms with Crippen LogP contribution in [-0.2, 0) is 11.3 Å². The van der Waals surface area contributed by atoms with Crippen molar-refractivity contribution in [1.29, 1.82) is 0 Å². The molecule has 0 aliphatic rings. The van der Waals surface area contributed by atoms with E-state index in [2.05, 4.69) is 0 Å². The molecule has 0 spiro atoms. The van der Waals surface area contributed by atoms with E-state index in [-0.39, 0.29) is 11.1 Å². The number of aryl methyl sites for hydroxylation is 1. The topological polar surface area (TPSA) is 72.4 Å². The van der Waals surface area contributed by atoms with Crippen LogP contribution in [0.25, 0.3) is 11.1 Å². The Morgan fingerprint density at radius 3 is 2.88 bits per heavy atom. The lowest BCUT2D eigenvalue weighted by atomic mass is 10.2. The molecule has 0 aliphatic heterocycles. The van der Waals surface area contributed by atoms with Crippen molar-refractivity contribution in [2.24, 2.45) is 0 Å². The number of aromatic nitrogens is 1. The van der Waals surface area contributed by atoms with E-state index in [9.17, 15) is 14.0 Å². The first-order valence-electron chi connectivity index (χ1n) is 4.51. The third kappa shape index (κ3) is 1.48. The number of rotatable bonds is 2. The second-order valence-corrected chi connectivity index (χ2v) is 3.39. The van der Waals surface area contributed by atoms with Gasteiger partial charge in [-0.05, 0) is 18.6 Å². The molecule has 0 aliphatic carbocycles. The average Bonchev–Trinajstić information content (AvgIpc) is 2.50. The van der Waals surface area contributed by atoms with Gasteiger partial charge in [0.2, 0.25) is 0 Å².